The summed E-state index contributed by atoms with van der Waals surface area (Å²) >= 11 is 0.549. The maximum atomic E-state index is 10.8. The van der Waals surface area contributed by atoms with Gasteiger partial charge in [0.2, 0.25) is 5.91 Å². The van der Waals surface area contributed by atoms with Gasteiger partial charge in [-0.15, -0.1) is 0 Å². The predicted octanol–water partition coefficient (Wildman–Crippen LogP) is -1.11. The van der Waals surface area contributed by atoms with Gasteiger partial charge < -0.3 is 0 Å². The van der Waals surface area contributed by atoms with Crippen LogP contribution in [0.1, 0.15) is 0 Å². The summed E-state index contributed by atoms with van der Waals surface area (Å²) in [6, 6.07) is 0. The first-order valence-electron chi connectivity index (χ1n) is 2.90. The first-order valence-corrected chi connectivity index (χ1v) is 8.18. The molecule has 0 fully saturated rings. The van der Waals surface area contributed by atoms with E-state index in [9.17, 15) is 13.9 Å². The molecule has 0 aromatic carbocycles. The van der Waals surface area contributed by atoms with Crippen molar-refractivity contribution < 1.29 is 13.9 Å². The fourth-order valence-electron chi connectivity index (χ4n) is 0.387. The van der Waals surface area contributed by atoms with E-state index in [4.69, 9.17) is 22.0 Å². The Balaban J connectivity index is 3.92. The lowest BCUT2D eigenvalue weighted by atomic mass is 10.8. The standard InChI is InChI=1S/C2H11N5O3P2S/c3-11(4,9)7-2(8)1-13-12(5,6)10/h1H2,(H4,5,6,10)(H5,3,4,7,8,9). The SMILES string of the molecule is NP(N)(=O)NC(=O)CSP(N)(N)=O. The van der Waals surface area contributed by atoms with Crippen molar-refractivity contribution >= 4 is 31.5 Å². The molecule has 9 N–H and O–H groups in total. The molecule has 0 saturated heterocycles. The fraction of sp³-hybridized carbons (Fsp3) is 0.500. The smallest absolute Gasteiger partial charge is 0.283 e. The Bertz CT molecular complexity index is 282. The van der Waals surface area contributed by atoms with E-state index in [2.05, 4.69) is 0 Å². The van der Waals surface area contributed by atoms with E-state index in [1.54, 1.807) is 0 Å². The molecule has 0 rings (SSSR count). The van der Waals surface area contributed by atoms with Crippen molar-refractivity contribution in [2.75, 3.05) is 5.75 Å². The second-order valence-corrected chi connectivity index (χ2v) is 8.13. The molecule has 0 unspecified atom stereocenters. The van der Waals surface area contributed by atoms with Gasteiger partial charge >= 0.3 is 0 Å². The molecule has 0 aliphatic rings. The number of amides is 1. The van der Waals surface area contributed by atoms with Crippen LogP contribution >= 0.6 is 25.6 Å². The lowest BCUT2D eigenvalue weighted by molar-refractivity contribution is -0.116. The second-order valence-electron chi connectivity index (χ2n) is 2.16. The summed E-state index contributed by atoms with van der Waals surface area (Å²) in [5, 5.41) is 1.81. The van der Waals surface area contributed by atoms with Gasteiger partial charge in [0.15, 0.2) is 0 Å². The third kappa shape index (κ3) is 10.0. The summed E-state index contributed by atoms with van der Waals surface area (Å²) in [5.41, 5.74) is 19.5. The molecule has 0 aliphatic heterocycles. The van der Waals surface area contributed by atoms with Crippen LogP contribution in [0.2, 0.25) is 0 Å². The molecule has 0 aromatic heterocycles. The van der Waals surface area contributed by atoms with Crippen molar-refractivity contribution in [1.82, 2.24) is 5.09 Å². The minimum Gasteiger partial charge on any atom is -0.283 e. The van der Waals surface area contributed by atoms with Crippen LogP contribution in [0.15, 0.2) is 0 Å². The van der Waals surface area contributed by atoms with Crippen LogP contribution in [0.3, 0.4) is 0 Å². The number of hydrogen-bond acceptors (Lipinski definition) is 4. The van der Waals surface area contributed by atoms with E-state index < -0.39 is 20.1 Å². The molecule has 78 valence electrons. The molecule has 0 aliphatic carbocycles. The molecule has 0 bridgehead atoms. The molecular weight excluding hydrogens is 236 g/mol. The normalized spacial score (nSPS) is 12.6. The summed E-state index contributed by atoms with van der Waals surface area (Å²) in [6.45, 7) is -3.30. The molecule has 8 nitrogen and oxygen atoms in total. The Morgan fingerprint density at radius 2 is 1.69 bits per heavy atom. The van der Waals surface area contributed by atoms with E-state index >= 15 is 0 Å². The molecule has 13 heavy (non-hydrogen) atoms. The fourth-order valence-corrected chi connectivity index (χ4v) is 2.31. The van der Waals surface area contributed by atoms with Gasteiger partial charge in [-0.3, -0.25) is 41.0 Å². The second kappa shape index (κ2) is 4.56. The number of nitrogens with one attached hydrogen (secondary N) is 1. The molecule has 0 atom stereocenters. The summed E-state index contributed by atoms with van der Waals surface area (Å²) in [5.74, 6) is -1.03. The molecule has 0 spiro atoms. The predicted molar refractivity (Wildman–Crippen MR) is 52.6 cm³/mol. The van der Waals surface area contributed by atoms with Gasteiger partial charge in [-0.2, -0.15) is 0 Å². The monoisotopic (exact) mass is 247 g/mol. The van der Waals surface area contributed by atoms with Gasteiger partial charge in [-0.25, -0.2) is 0 Å². The Hall–Kier alpha value is 0.120. The van der Waals surface area contributed by atoms with Crippen molar-refractivity contribution in [3.63, 3.8) is 0 Å². The lowest BCUT2D eigenvalue weighted by Gasteiger charge is -2.09. The Morgan fingerprint density at radius 1 is 1.23 bits per heavy atom. The summed E-state index contributed by atoms with van der Waals surface area (Å²) in [7, 11) is -3.59. The number of hydrogen-bond donors (Lipinski definition) is 5. The van der Waals surface area contributed by atoms with E-state index in [0.717, 1.165) is 0 Å². The maximum absolute atomic E-state index is 10.8. The van der Waals surface area contributed by atoms with Crippen LogP contribution < -0.4 is 27.1 Å². The highest BCUT2D eigenvalue weighted by Crippen LogP contribution is 2.42. The highest BCUT2D eigenvalue weighted by molar-refractivity contribution is 8.56. The summed E-state index contributed by atoms with van der Waals surface area (Å²) in [4.78, 5) is 10.8. The zero-order chi connectivity index (χ0) is 10.7. The van der Waals surface area contributed by atoms with Crippen molar-refractivity contribution in [2.24, 2.45) is 22.0 Å². The van der Waals surface area contributed by atoms with Crippen LogP contribution in [0.4, 0.5) is 0 Å². The van der Waals surface area contributed by atoms with Gasteiger partial charge in [-0.1, -0.05) is 11.4 Å². The van der Waals surface area contributed by atoms with E-state index in [0.29, 0.717) is 11.4 Å². The number of carbonyl (C=O) groups is 1. The molecule has 0 radical (unpaired) electrons. The van der Waals surface area contributed by atoms with Gasteiger partial charge in [0.1, 0.15) is 0 Å². The van der Waals surface area contributed by atoms with Crippen molar-refractivity contribution in [1.29, 1.82) is 0 Å². The highest BCUT2D eigenvalue weighted by Gasteiger charge is 2.16. The largest absolute Gasteiger partial charge is 0.300 e. The average Bonchev–Trinajstić information content (AvgIpc) is 1.78. The Labute approximate surface area is 78.9 Å². The molecule has 0 heterocycles. The average molecular weight is 247 g/mol. The van der Waals surface area contributed by atoms with Gasteiger partial charge in [0.25, 0.3) is 14.2 Å². The Morgan fingerprint density at radius 3 is 2.00 bits per heavy atom. The van der Waals surface area contributed by atoms with Crippen LogP contribution in [0, 0.1) is 0 Å². The molecule has 11 heteroatoms. The minimum atomic E-state index is -3.59. The van der Waals surface area contributed by atoms with Crippen LogP contribution in [0.25, 0.3) is 0 Å². The first-order chi connectivity index (χ1) is 5.60. The van der Waals surface area contributed by atoms with Crippen LogP contribution in [0.5, 0.6) is 0 Å². The molecule has 1 amide bonds. The van der Waals surface area contributed by atoms with Gasteiger partial charge in [-0.05, 0) is 0 Å². The summed E-state index contributed by atoms with van der Waals surface area (Å²) in [6.07, 6.45) is 0. The number of nitrogens with two attached hydrogens (primary N) is 4. The minimum absolute atomic E-state index is 0.303. The van der Waals surface area contributed by atoms with E-state index in [-0.39, 0.29) is 5.75 Å². The Kier molecular flexibility index (Phi) is 4.61. The third-order valence-corrected chi connectivity index (χ3v) is 3.69. The van der Waals surface area contributed by atoms with Crippen molar-refractivity contribution in [2.45, 2.75) is 0 Å². The van der Waals surface area contributed by atoms with E-state index in [1.807, 2.05) is 5.09 Å². The number of carbonyl (C=O) groups excluding carboxylic acids is 1. The van der Waals surface area contributed by atoms with Crippen molar-refractivity contribution in [3.8, 4) is 0 Å². The number of rotatable bonds is 4. The summed E-state index contributed by atoms with van der Waals surface area (Å²) < 4.78 is 21.3. The zero-order valence-electron chi connectivity index (χ0n) is 6.54. The van der Waals surface area contributed by atoms with E-state index in [1.165, 1.54) is 0 Å². The molecule has 0 saturated carbocycles. The van der Waals surface area contributed by atoms with Gasteiger partial charge in [0, 0.05) is 0 Å². The third-order valence-electron chi connectivity index (χ3n) is 0.697. The van der Waals surface area contributed by atoms with Gasteiger partial charge in [0.05, 0.1) is 5.75 Å². The quantitative estimate of drug-likeness (QED) is 0.389. The maximum Gasteiger partial charge on any atom is 0.300 e. The van der Waals surface area contributed by atoms with Crippen molar-refractivity contribution in [3.05, 3.63) is 0 Å². The van der Waals surface area contributed by atoms with Crippen LogP contribution in [-0.2, 0) is 13.9 Å². The van der Waals surface area contributed by atoms with Crippen LogP contribution in [-0.4, -0.2) is 11.7 Å². The lowest BCUT2D eigenvalue weighted by Crippen LogP contribution is -2.29. The molecular formula is C2H11N5O3P2S. The first kappa shape index (κ1) is 13.1. The topological polar surface area (TPSA) is 167 Å². The molecule has 0 aromatic rings. The highest BCUT2D eigenvalue weighted by atomic mass is 32.7. The zero-order valence-corrected chi connectivity index (χ0v) is 9.15.